The van der Waals surface area contributed by atoms with Gasteiger partial charge in [0.05, 0.1) is 11.1 Å². The summed E-state index contributed by atoms with van der Waals surface area (Å²) >= 11 is 0. The third-order valence-corrected chi connectivity index (χ3v) is 4.78. The van der Waals surface area contributed by atoms with E-state index in [9.17, 15) is 31.3 Å². The molecule has 215 valence electrons. The molecule has 0 aromatic heterocycles. The van der Waals surface area contributed by atoms with E-state index in [0.717, 1.165) is 57.3 Å². The molecule has 39 heavy (non-hydrogen) atoms. The Hall–Kier alpha value is -2.80. The van der Waals surface area contributed by atoms with Crippen LogP contribution in [0.4, 0.5) is 21.7 Å². The first-order chi connectivity index (χ1) is 18.2. The number of hydrogen-bond acceptors (Lipinski definition) is 6. The van der Waals surface area contributed by atoms with Crippen molar-refractivity contribution in [3.63, 3.8) is 0 Å². The largest absolute Gasteiger partial charge is 0.762 e. The number of benzene rings is 2. The monoisotopic (exact) mass is 559 g/mol. The normalized spacial score (nSPS) is 13.4. The number of hydrogen-bond donors (Lipinski definition) is 3. The van der Waals surface area contributed by atoms with Crippen LogP contribution in [0.1, 0.15) is 58.5 Å². The van der Waals surface area contributed by atoms with Crippen molar-refractivity contribution in [2.75, 3.05) is 33.5 Å². The lowest BCUT2D eigenvalue weighted by atomic mass is 10.1. The Morgan fingerprint density at radius 2 is 1.44 bits per heavy atom. The van der Waals surface area contributed by atoms with Gasteiger partial charge in [0.15, 0.2) is 0 Å². The van der Waals surface area contributed by atoms with Gasteiger partial charge in [-0.05, 0) is 50.5 Å². The molecular formula is C25H34B2F5N2O5. The molecule has 3 radical (unpaired) electrons. The van der Waals surface area contributed by atoms with E-state index in [4.69, 9.17) is 14.6 Å². The second kappa shape index (κ2) is 23.1. The van der Waals surface area contributed by atoms with Gasteiger partial charge in [0.2, 0.25) is 0 Å². The molecule has 0 atom stereocenters. The fraction of sp³-hybridized carbons (Fsp3) is 0.440. The van der Waals surface area contributed by atoms with E-state index >= 15 is 0 Å². The first-order valence-corrected chi connectivity index (χ1v) is 11.9. The maximum Gasteiger partial charge on any atom is 0.762 e. The van der Waals surface area contributed by atoms with Gasteiger partial charge in [0.25, 0.3) is 11.8 Å². The number of rotatable bonds is 2. The Morgan fingerprint density at radius 3 is 1.87 bits per heavy atom. The molecule has 7 nitrogen and oxygen atoms in total. The van der Waals surface area contributed by atoms with Gasteiger partial charge in [-0.2, -0.15) is 0 Å². The van der Waals surface area contributed by atoms with Gasteiger partial charge >= 0.3 is 7.54 Å². The highest BCUT2D eigenvalue weighted by Gasteiger charge is 2.29. The van der Waals surface area contributed by atoms with Gasteiger partial charge in [-0.15, -0.1) is 0 Å². The summed E-state index contributed by atoms with van der Waals surface area (Å²) in [6, 6.07) is 9.17. The average molecular weight is 559 g/mol. The van der Waals surface area contributed by atoms with Crippen molar-refractivity contribution >= 4 is 27.8 Å². The molecular weight excluding hydrogens is 525 g/mol. The van der Waals surface area contributed by atoms with Crippen LogP contribution < -0.4 is 10.6 Å². The van der Waals surface area contributed by atoms with Crippen LogP contribution in [0.3, 0.4) is 0 Å². The molecule has 3 aliphatic heterocycles. The number of nitrogens with one attached hydrogen (secondary N) is 2. The van der Waals surface area contributed by atoms with Gasteiger partial charge in [0.1, 0.15) is 11.6 Å². The minimum absolute atomic E-state index is 0. The van der Waals surface area contributed by atoms with Crippen molar-refractivity contribution in [2.45, 2.75) is 39.8 Å². The fourth-order valence-electron chi connectivity index (χ4n) is 3.18. The standard InChI is InChI=1S/C8H4FNO2.C8H8FN.C4H8O.C4H10O.CH4O.BF3.B/c9-5-3-1-2-4-6(5)8(12)10-7(4)11;9-8-3-1-2-6-4-10-5-7(6)8;1-2-4-5-3-1;1-3-5-4-2;1-2;2-1(3)4;/h1-3H,(H,10,11,12);1-3,10H,4-5H2;1-4H2;3-4H2,1-2H3;2H,1H3;;. The maximum absolute atomic E-state index is 12.9. The zero-order valence-electron chi connectivity index (χ0n) is 22.2. The molecule has 0 bridgehead atoms. The molecule has 3 N–H and O–H groups in total. The molecule has 1 fully saturated rings. The van der Waals surface area contributed by atoms with Crippen LogP contribution in [0.5, 0.6) is 0 Å². The number of aliphatic hydroxyl groups excluding tert-OH is 1. The second-order valence-corrected chi connectivity index (χ2v) is 7.28. The number of ether oxygens (including phenoxy) is 2. The molecule has 1 saturated heterocycles. The van der Waals surface area contributed by atoms with Gasteiger partial charge in [-0.3, -0.25) is 27.9 Å². The second-order valence-electron chi connectivity index (χ2n) is 7.28. The Morgan fingerprint density at radius 1 is 0.897 bits per heavy atom. The Kier molecular flexibility index (Phi) is 22.7. The summed E-state index contributed by atoms with van der Waals surface area (Å²) in [7, 11) is -2.67. The van der Waals surface area contributed by atoms with Crippen LogP contribution in [-0.2, 0) is 22.6 Å². The Balaban J connectivity index is 0. The lowest BCUT2D eigenvalue weighted by molar-refractivity contribution is 0.0878. The van der Waals surface area contributed by atoms with E-state index in [-0.39, 0.29) is 25.4 Å². The number of halogens is 5. The first-order valence-electron chi connectivity index (χ1n) is 11.9. The molecule has 5 rings (SSSR count). The minimum atomic E-state index is -3.67. The highest BCUT2D eigenvalue weighted by atomic mass is 19.4. The third kappa shape index (κ3) is 15.4. The summed E-state index contributed by atoms with van der Waals surface area (Å²) < 4.78 is 64.5. The van der Waals surface area contributed by atoms with E-state index in [0.29, 0.717) is 6.54 Å². The molecule has 3 heterocycles. The van der Waals surface area contributed by atoms with Crippen molar-refractivity contribution in [1.82, 2.24) is 10.6 Å². The van der Waals surface area contributed by atoms with E-state index in [1.807, 2.05) is 25.2 Å². The van der Waals surface area contributed by atoms with E-state index in [1.54, 1.807) is 6.07 Å². The van der Waals surface area contributed by atoms with Crippen LogP contribution in [0, 0.1) is 11.6 Å². The van der Waals surface area contributed by atoms with Gasteiger partial charge in [-0.25, -0.2) is 8.78 Å². The Labute approximate surface area is 228 Å². The zero-order chi connectivity index (χ0) is 28.9. The molecule has 2 aromatic rings. The fourth-order valence-corrected chi connectivity index (χ4v) is 3.18. The molecule has 0 spiro atoms. The van der Waals surface area contributed by atoms with Crippen molar-refractivity contribution in [2.24, 2.45) is 0 Å². The summed E-state index contributed by atoms with van der Waals surface area (Å²) in [5.74, 6) is -1.93. The summed E-state index contributed by atoms with van der Waals surface area (Å²) in [5.41, 5.74) is 1.89. The van der Waals surface area contributed by atoms with Crippen LogP contribution in [0.2, 0.25) is 0 Å². The predicted molar refractivity (Wildman–Crippen MR) is 140 cm³/mol. The molecule has 0 unspecified atom stereocenters. The third-order valence-electron chi connectivity index (χ3n) is 4.78. The van der Waals surface area contributed by atoms with Crippen LogP contribution >= 0.6 is 0 Å². The molecule has 2 amide bonds. The topological polar surface area (TPSA) is 96.9 Å². The van der Waals surface area contributed by atoms with E-state index in [1.165, 1.54) is 31.0 Å². The van der Waals surface area contributed by atoms with Gasteiger partial charge < -0.3 is 19.9 Å². The van der Waals surface area contributed by atoms with E-state index < -0.39 is 25.2 Å². The van der Waals surface area contributed by atoms with Crippen LogP contribution in [0.15, 0.2) is 36.4 Å². The summed E-state index contributed by atoms with van der Waals surface area (Å²) in [6.07, 6.45) is 2.56. The lowest BCUT2D eigenvalue weighted by Crippen LogP contribution is -2.20. The minimum Gasteiger partial charge on any atom is -0.400 e. The maximum atomic E-state index is 12.9. The highest BCUT2D eigenvalue weighted by Crippen LogP contribution is 2.18. The predicted octanol–water partition coefficient (Wildman–Crippen LogP) is 4.09. The average Bonchev–Trinajstić information content (AvgIpc) is 3.66. The summed E-state index contributed by atoms with van der Waals surface area (Å²) in [4.78, 5) is 21.9. The summed E-state index contributed by atoms with van der Waals surface area (Å²) in [6.45, 7) is 9.16. The van der Waals surface area contributed by atoms with Crippen molar-refractivity contribution < 1.29 is 45.9 Å². The first kappa shape index (κ1) is 38.3. The molecule has 14 heteroatoms. The smallest absolute Gasteiger partial charge is 0.400 e. The highest BCUT2D eigenvalue weighted by molar-refractivity contribution is 6.33. The molecule has 3 aliphatic rings. The number of fused-ring (bicyclic) bond motifs is 2. The van der Waals surface area contributed by atoms with Crippen molar-refractivity contribution in [1.29, 1.82) is 0 Å². The summed E-state index contributed by atoms with van der Waals surface area (Å²) in [5, 5.41) is 12.1. The number of carbonyl (C=O) groups is 2. The van der Waals surface area contributed by atoms with Crippen molar-refractivity contribution in [3.8, 4) is 0 Å². The van der Waals surface area contributed by atoms with Gasteiger partial charge in [-0.1, -0.05) is 18.2 Å². The zero-order valence-corrected chi connectivity index (χ0v) is 22.2. The molecule has 0 aliphatic carbocycles. The number of carbonyl (C=O) groups excluding carboxylic acids is 2. The Bertz CT molecular complexity index is 958. The number of aliphatic hydroxyl groups is 1. The number of amides is 2. The van der Waals surface area contributed by atoms with Crippen LogP contribution in [0.25, 0.3) is 0 Å². The van der Waals surface area contributed by atoms with Crippen molar-refractivity contribution in [3.05, 3.63) is 70.3 Å². The van der Waals surface area contributed by atoms with Crippen LogP contribution in [-0.4, -0.2) is 66.4 Å². The SMILES string of the molecule is C1CCOC1.CCOCC.CO.FB(F)F.Fc1cccc2c1CNC2.O=C1NC(=O)c2c(F)cccc21.[B]. The van der Waals surface area contributed by atoms with Gasteiger partial charge in [0, 0.05) is 60.6 Å². The quantitative estimate of drug-likeness (QED) is 0.292. The van der Waals surface area contributed by atoms with E-state index in [2.05, 4.69) is 5.32 Å². The molecule has 0 saturated carbocycles. The molecule has 2 aromatic carbocycles. The lowest BCUT2D eigenvalue weighted by Gasteiger charge is -1.96. The number of imide groups is 1.